The molecule has 1 nitrogen and oxygen atoms in total. The van der Waals surface area contributed by atoms with Crippen molar-refractivity contribution in [3.05, 3.63) is 113 Å². The van der Waals surface area contributed by atoms with E-state index in [1.54, 1.807) is 0 Å². The van der Waals surface area contributed by atoms with Gasteiger partial charge in [-0.05, 0) is 69.5 Å². The zero-order chi connectivity index (χ0) is 24.4. The van der Waals surface area contributed by atoms with Gasteiger partial charge in [0.05, 0.1) is 0 Å². The summed E-state index contributed by atoms with van der Waals surface area (Å²) in [4.78, 5) is 8.57. The molecule has 0 aliphatic carbocycles. The summed E-state index contributed by atoms with van der Waals surface area (Å²) in [5, 5.41) is 3.53. The van der Waals surface area contributed by atoms with Gasteiger partial charge >= 0.3 is 0 Å². The lowest BCUT2D eigenvalue weighted by Crippen LogP contribution is -1.89. The maximum Gasteiger partial charge on any atom is 0.116 e. The van der Waals surface area contributed by atoms with Crippen LogP contribution in [0.1, 0.15) is 52.2 Å². The molecule has 2 heteroatoms. The predicted octanol–water partition coefficient (Wildman–Crippen LogP) is 9.28. The molecule has 0 radical (unpaired) electrons. The molecule has 0 spiro atoms. The molecular formula is C30H37ClO. The number of carbonyl (C=O) groups excluding carboxylic acids is 1. The summed E-state index contributed by atoms with van der Waals surface area (Å²) < 4.78 is 0. The summed E-state index contributed by atoms with van der Waals surface area (Å²) >= 11 is 6.19. The molecular weight excluding hydrogens is 412 g/mol. The van der Waals surface area contributed by atoms with Gasteiger partial charge < -0.3 is 0 Å². The molecule has 3 aromatic carbocycles. The quantitative estimate of drug-likeness (QED) is 0.287. The highest BCUT2D eigenvalue weighted by molar-refractivity contribution is 6.31. The Hall–Kier alpha value is -2.86. The zero-order valence-electron chi connectivity index (χ0n) is 20.4. The Morgan fingerprint density at radius 2 is 1.44 bits per heavy atom. The lowest BCUT2D eigenvalue weighted by atomic mass is 9.99. The van der Waals surface area contributed by atoms with Crippen LogP contribution in [-0.2, 0) is 11.2 Å². The van der Waals surface area contributed by atoms with Gasteiger partial charge in [0.25, 0.3) is 0 Å². The van der Waals surface area contributed by atoms with Gasteiger partial charge in [-0.1, -0.05) is 115 Å². The van der Waals surface area contributed by atoms with E-state index in [9.17, 15) is 0 Å². The first-order chi connectivity index (χ1) is 15.4. The minimum absolute atomic E-state index is 0.861. The average molecular weight is 449 g/mol. The SMILES string of the molecule is C=C=O.CC.CC(C)=C(Cl)/C=C(\C)CCc1cccc2ccccc12.Cc1ccccc1. The molecule has 32 heavy (non-hydrogen) atoms. The first kappa shape index (κ1) is 29.1. The summed E-state index contributed by atoms with van der Waals surface area (Å²) in [6.07, 6.45) is 4.18. The second-order valence-corrected chi connectivity index (χ2v) is 7.68. The molecule has 0 N–H and O–H groups in total. The molecule has 0 aliphatic heterocycles. The number of fused-ring (bicyclic) bond motifs is 1. The van der Waals surface area contributed by atoms with Crippen molar-refractivity contribution in [2.24, 2.45) is 0 Å². The van der Waals surface area contributed by atoms with Crippen molar-refractivity contribution in [3.63, 3.8) is 0 Å². The van der Waals surface area contributed by atoms with Gasteiger partial charge in [0.1, 0.15) is 5.94 Å². The molecule has 0 atom stereocenters. The van der Waals surface area contributed by atoms with Crippen LogP contribution in [0.3, 0.4) is 0 Å². The number of allylic oxidation sites excluding steroid dienone is 4. The van der Waals surface area contributed by atoms with Crippen molar-refractivity contribution in [2.75, 3.05) is 0 Å². The fraction of sp³-hybridized carbons (Fsp3) is 0.267. The largest absolute Gasteiger partial charge is 0.234 e. The van der Waals surface area contributed by atoms with Crippen LogP contribution in [0.5, 0.6) is 0 Å². The van der Waals surface area contributed by atoms with Gasteiger partial charge in [0.2, 0.25) is 0 Å². The topological polar surface area (TPSA) is 17.1 Å². The highest BCUT2D eigenvalue weighted by Gasteiger charge is 2.01. The summed E-state index contributed by atoms with van der Waals surface area (Å²) in [7, 11) is 0. The predicted molar refractivity (Wildman–Crippen MR) is 144 cm³/mol. The van der Waals surface area contributed by atoms with Crippen LogP contribution < -0.4 is 0 Å². The van der Waals surface area contributed by atoms with Crippen molar-refractivity contribution >= 4 is 28.3 Å². The third kappa shape index (κ3) is 12.1. The lowest BCUT2D eigenvalue weighted by Gasteiger charge is -2.07. The molecule has 3 rings (SSSR count). The molecule has 0 aliphatic rings. The van der Waals surface area contributed by atoms with E-state index in [2.05, 4.69) is 81.1 Å². The minimum atomic E-state index is 0.861. The number of halogens is 1. The van der Waals surface area contributed by atoms with E-state index in [1.165, 1.54) is 33.4 Å². The van der Waals surface area contributed by atoms with Gasteiger partial charge in [-0.2, -0.15) is 0 Å². The lowest BCUT2D eigenvalue weighted by molar-refractivity contribution is 0.569. The monoisotopic (exact) mass is 448 g/mol. The van der Waals surface area contributed by atoms with Crippen molar-refractivity contribution < 1.29 is 4.79 Å². The molecule has 0 bridgehead atoms. The first-order valence-corrected chi connectivity index (χ1v) is 11.4. The molecule has 0 unspecified atom stereocenters. The van der Waals surface area contributed by atoms with Crippen LogP contribution in [0.15, 0.2) is 102 Å². The van der Waals surface area contributed by atoms with Crippen LogP contribution in [0, 0.1) is 6.92 Å². The van der Waals surface area contributed by atoms with Crippen molar-refractivity contribution in [3.8, 4) is 0 Å². The molecule has 0 heterocycles. The molecule has 0 aromatic heterocycles. The van der Waals surface area contributed by atoms with Crippen molar-refractivity contribution in [1.29, 1.82) is 0 Å². The zero-order valence-corrected chi connectivity index (χ0v) is 21.2. The molecule has 0 saturated carbocycles. The maximum atomic E-state index is 8.57. The fourth-order valence-corrected chi connectivity index (χ4v) is 3.00. The highest BCUT2D eigenvalue weighted by Crippen LogP contribution is 2.22. The van der Waals surface area contributed by atoms with E-state index in [0.29, 0.717) is 0 Å². The second-order valence-electron chi connectivity index (χ2n) is 7.28. The number of hydrogen-bond donors (Lipinski definition) is 0. The Kier molecular flexibility index (Phi) is 16.2. The highest BCUT2D eigenvalue weighted by atomic mass is 35.5. The van der Waals surface area contributed by atoms with Crippen LogP contribution in [-0.4, -0.2) is 5.94 Å². The van der Waals surface area contributed by atoms with Gasteiger partial charge in [-0.3, -0.25) is 0 Å². The normalized spacial score (nSPS) is 9.66. The molecule has 0 fully saturated rings. The van der Waals surface area contributed by atoms with Crippen LogP contribution >= 0.6 is 11.6 Å². The third-order valence-electron chi connectivity index (χ3n) is 4.46. The molecule has 0 amide bonds. The summed E-state index contributed by atoms with van der Waals surface area (Å²) in [6, 6.07) is 25.4. The Balaban J connectivity index is 0.000000661. The summed E-state index contributed by atoms with van der Waals surface area (Å²) in [5.74, 6) is 1.25. The summed E-state index contributed by atoms with van der Waals surface area (Å²) in [6.45, 7) is 15.0. The van der Waals surface area contributed by atoms with Gasteiger partial charge in [0.15, 0.2) is 0 Å². The van der Waals surface area contributed by atoms with E-state index in [1.807, 2.05) is 45.9 Å². The third-order valence-corrected chi connectivity index (χ3v) is 4.95. The Labute approximate surface area is 200 Å². The van der Waals surface area contributed by atoms with Gasteiger partial charge in [0, 0.05) is 5.03 Å². The van der Waals surface area contributed by atoms with E-state index >= 15 is 0 Å². The van der Waals surface area contributed by atoms with Crippen LogP contribution in [0.25, 0.3) is 10.8 Å². The van der Waals surface area contributed by atoms with Crippen LogP contribution in [0.2, 0.25) is 0 Å². The molecule has 170 valence electrons. The van der Waals surface area contributed by atoms with Gasteiger partial charge in [-0.15, -0.1) is 0 Å². The van der Waals surface area contributed by atoms with Crippen molar-refractivity contribution in [1.82, 2.24) is 0 Å². The van der Waals surface area contributed by atoms with E-state index in [0.717, 1.165) is 23.4 Å². The summed E-state index contributed by atoms with van der Waals surface area (Å²) in [5.41, 5.74) is 5.21. The second kappa shape index (κ2) is 17.8. The van der Waals surface area contributed by atoms with Crippen molar-refractivity contribution in [2.45, 2.75) is 54.4 Å². The van der Waals surface area contributed by atoms with Crippen LogP contribution in [0.4, 0.5) is 0 Å². The number of hydrogen-bond acceptors (Lipinski definition) is 1. The number of benzene rings is 3. The minimum Gasteiger partial charge on any atom is -0.234 e. The van der Waals surface area contributed by atoms with E-state index < -0.39 is 0 Å². The molecule has 0 saturated heterocycles. The van der Waals surface area contributed by atoms with E-state index in [-0.39, 0.29) is 0 Å². The number of aryl methyl sites for hydroxylation is 2. The smallest absolute Gasteiger partial charge is 0.116 e. The number of rotatable bonds is 4. The first-order valence-electron chi connectivity index (χ1n) is 11.0. The molecule has 3 aromatic rings. The Morgan fingerprint density at radius 1 is 0.906 bits per heavy atom. The van der Waals surface area contributed by atoms with Gasteiger partial charge in [-0.25, -0.2) is 4.79 Å². The Bertz CT molecular complexity index is 998. The standard InChI is InChI=1S/C19H21Cl.C7H8.C2H2O.C2H6/c1-14(2)19(20)13-15(3)11-12-17-9-6-8-16-7-4-5-10-18(16)17;1-7-5-3-2-4-6-7;1-2-3;1-2/h4-10,13H,11-12H2,1-3H3;2-6H,1H3;1H2;1-2H3/b15-13+;;;. The fourth-order valence-electron chi connectivity index (χ4n) is 2.81. The Morgan fingerprint density at radius 3 is 1.97 bits per heavy atom. The van der Waals surface area contributed by atoms with E-state index in [4.69, 9.17) is 16.4 Å². The average Bonchev–Trinajstić information content (AvgIpc) is 2.80. The maximum absolute atomic E-state index is 8.57.